The Labute approximate surface area is 128 Å². The minimum Gasteiger partial charge on any atom is -0.467 e. The molecule has 1 aromatic carbocycles. The third kappa shape index (κ3) is 4.80. The van der Waals surface area contributed by atoms with Gasteiger partial charge in [-0.3, -0.25) is 0 Å². The first-order valence-corrected chi connectivity index (χ1v) is 7.02. The predicted molar refractivity (Wildman–Crippen MR) is 76.9 cm³/mol. The summed E-state index contributed by atoms with van der Waals surface area (Å²) in [5, 5.41) is 12.5. The van der Waals surface area contributed by atoms with Crippen LogP contribution in [0.5, 0.6) is 0 Å². The molecular formula is C14H14BrF2NO3. The van der Waals surface area contributed by atoms with Crippen molar-refractivity contribution in [3.05, 3.63) is 52.4 Å². The summed E-state index contributed by atoms with van der Waals surface area (Å²) < 4.78 is 37.1. The van der Waals surface area contributed by atoms with Crippen molar-refractivity contribution in [1.29, 1.82) is 0 Å². The van der Waals surface area contributed by atoms with Crippen molar-refractivity contribution in [1.82, 2.24) is 0 Å². The number of furan rings is 1. The van der Waals surface area contributed by atoms with Gasteiger partial charge in [0, 0.05) is 17.1 Å². The largest absolute Gasteiger partial charge is 0.467 e. The number of halogens is 3. The monoisotopic (exact) mass is 361 g/mol. The quantitative estimate of drug-likeness (QED) is 0.794. The van der Waals surface area contributed by atoms with Gasteiger partial charge in [-0.1, -0.05) is 0 Å². The van der Waals surface area contributed by atoms with E-state index in [9.17, 15) is 13.9 Å². The van der Waals surface area contributed by atoms with E-state index < -0.39 is 17.7 Å². The van der Waals surface area contributed by atoms with Crippen LogP contribution >= 0.6 is 15.9 Å². The molecule has 2 aromatic rings. The van der Waals surface area contributed by atoms with Crippen LogP contribution in [-0.2, 0) is 11.3 Å². The fraction of sp³-hybridized carbons (Fsp3) is 0.286. The van der Waals surface area contributed by atoms with Crippen molar-refractivity contribution in [2.45, 2.75) is 12.7 Å². The van der Waals surface area contributed by atoms with Gasteiger partial charge in [0.1, 0.15) is 24.0 Å². The zero-order chi connectivity index (χ0) is 15.2. The van der Waals surface area contributed by atoms with Gasteiger partial charge in [-0.05, 0) is 34.1 Å². The predicted octanol–water partition coefficient (Wildman–Crippen LogP) is 3.31. The topological polar surface area (TPSA) is 54.6 Å². The maximum absolute atomic E-state index is 13.5. The molecule has 4 nitrogen and oxygen atoms in total. The van der Waals surface area contributed by atoms with Gasteiger partial charge in [-0.25, -0.2) is 8.78 Å². The van der Waals surface area contributed by atoms with E-state index in [-0.39, 0.29) is 29.9 Å². The van der Waals surface area contributed by atoms with Crippen LogP contribution in [0.4, 0.5) is 14.5 Å². The SMILES string of the molecule is OC(CNc1c(F)cc(F)cc1Br)COCc1ccco1. The first kappa shape index (κ1) is 15.9. The smallest absolute Gasteiger partial charge is 0.150 e. The lowest BCUT2D eigenvalue weighted by Gasteiger charge is -2.14. The van der Waals surface area contributed by atoms with Gasteiger partial charge in [-0.2, -0.15) is 0 Å². The molecule has 0 amide bonds. The standard InChI is InChI=1S/C14H14BrF2NO3/c15-12-4-9(16)5-13(17)14(12)18-6-10(19)7-20-8-11-2-1-3-21-11/h1-5,10,18-19H,6-8H2. The second-order valence-electron chi connectivity index (χ2n) is 4.37. The van der Waals surface area contributed by atoms with Crippen molar-refractivity contribution < 1.29 is 23.0 Å². The molecule has 0 radical (unpaired) electrons. The maximum Gasteiger partial charge on any atom is 0.150 e. The number of aliphatic hydroxyl groups is 1. The number of anilines is 1. The minimum absolute atomic E-state index is 0.0636. The summed E-state index contributed by atoms with van der Waals surface area (Å²) in [7, 11) is 0. The minimum atomic E-state index is -0.837. The average Bonchev–Trinajstić information content (AvgIpc) is 2.90. The van der Waals surface area contributed by atoms with Gasteiger partial charge in [0.25, 0.3) is 0 Å². The Morgan fingerprint density at radius 3 is 2.86 bits per heavy atom. The highest BCUT2D eigenvalue weighted by molar-refractivity contribution is 9.10. The normalized spacial score (nSPS) is 12.4. The molecule has 0 spiro atoms. The molecule has 1 unspecified atom stereocenters. The van der Waals surface area contributed by atoms with Gasteiger partial charge in [0.2, 0.25) is 0 Å². The van der Waals surface area contributed by atoms with Gasteiger partial charge in [0.05, 0.1) is 24.7 Å². The van der Waals surface area contributed by atoms with Crippen molar-refractivity contribution in [3.63, 3.8) is 0 Å². The fourth-order valence-corrected chi connectivity index (χ4v) is 2.23. The lowest BCUT2D eigenvalue weighted by Crippen LogP contribution is -2.25. The molecule has 2 N–H and O–H groups in total. The van der Waals surface area contributed by atoms with E-state index in [2.05, 4.69) is 21.2 Å². The summed E-state index contributed by atoms with van der Waals surface area (Å²) in [6, 6.07) is 5.42. The van der Waals surface area contributed by atoms with Crippen LogP contribution in [0, 0.1) is 11.6 Å². The number of benzene rings is 1. The second kappa shape index (κ2) is 7.53. The second-order valence-corrected chi connectivity index (χ2v) is 5.23. The number of hydrogen-bond acceptors (Lipinski definition) is 4. The average molecular weight is 362 g/mol. The van der Waals surface area contributed by atoms with Crippen LogP contribution in [0.1, 0.15) is 5.76 Å². The third-order valence-electron chi connectivity index (χ3n) is 2.66. The van der Waals surface area contributed by atoms with Gasteiger partial charge < -0.3 is 19.6 Å². The van der Waals surface area contributed by atoms with Crippen molar-refractivity contribution in [2.75, 3.05) is 18.5 Å². The first-order chi connectivity index (χ1) is 10.1. The summed E-state index contributed by atoms with van der Waals surface area (Å²) in [6.45, 7) is 0.381. The molecule has 114 valence electrons. The molecular weight excluding hydrogens is 348 g/mol. The lowest BCUT2D eigenvalue weighted by atomic mass is 10.2. The number of nitrogens with one attached hydrogen (secondary N) is 1. The molecule has 0 saturated carbocycles. The Morgan fingerprint density at radius 1 is 1.38 bits per heavy atom. The van der Waals surface area contributed by atoms with E-state index in [1.54, 1.807) is 12.1 Å². The molecule has 1 atom stereocenters. The molecule has 0 aliphatic heterocycles. The van der Waals surface area contributed by atoms with Crippen LogP contribution in [-0.4, -0.2) is 24.4 Å². The maximum atomic E-state index is 13.5. The summed E-state index contributed by atoms with van der Waals surface area (Å²) in [5.74, 6) is -0.750. The lowest BCUT2D eigenvalue weighted by molar-refractivity contribution is 0.0282. The van der Waals surface area contributed by atoms with Crippen molar-refractivity contribution in [2.24, 2.45) is 0 Å². The van der Waals surface area contributed by atoms with Gasteiger partial charge in [-0.15, -0.1) is 0 Å². The Kier molecular flexibility index (Phi) is 5.72. The molecule has 0 saturated heterocycles. The van der Waals surface area contributed by atoms with E-state index in [1.807, 2.05) is 0 Å². The highest BCUT2D eigenvalue weighted by atomic mass is 79.9. The van der Waals surface area contributed by atoms with Crippen LogP contribution in [0.2, 0.25) is 0 Å². The Morgan fingerprint density at radius 2 is 2.19 bits per heavy atom. The summed E-state index contributed by atoms with van der Waals surface area (Å²) in [6.07, 6.45) is 0.697. The molecule has 0 aliphatic rings. The number of hydrogen-bond donors (Lipinski definition) is 2. The van der Waals surface area contributed by atoms with Gasteiger partial charge >= 0.3 is 0 Å². The number of aliphatic hydroxyl groups excluding tert-OH is 1. The van der Waals surface area contributed by atoms with Gasteiger partial charge in [0.15, 0.2) is 0 Å². The van der Waals surface area contributed by atoms with E-state index in [4.69, 9.17) is 9.15 Å². The Bertz CT molecular complexity index is 555. The fourth-order valence-electron chi connectivity index (χ4n) is 1.68. The molecule has 1 aromatic heterocycles. The van der Waals surface area contributed by atoms with Crippen molar-refractivity contribution in [3.8, 4) is 0 Å². The third-order valence-corrected chi connectivity index (χ3v) is 3.28. The summed E-state index contributed by atoms with van der Waals surface area (Å²) in [4.78, 5) is 0. The van der Waals surface area contributed by atoms with E-state index in [1.165, 1.54) is 6.26 Å². The Hall–Kier alpha value is -1.44. The van der Waals surface area contributed by atoms with Crippen molar-refractivity contribution >= 4 is 21.6 Å². The molecule has 21 heavy (non-hydrogen) atoms. The molecule has 0 bridgehead atoms. The summed E-state index contributed by atoms with van der Waals surface area (Å²) in [5.41, 5.74) is 0.0986. The molecule has 7 heteroatoms. The molecule has 2 rings (SSSR count). The van der Waals surface area contributed by atoms with E-state index >= 15 is 0 Å². The highest BCUT2D eigenvalue weighted by Crippen LogP contribution is 2.26. The van der Waals surface area contributed by atoms with Crippen LogP contribution < -0.4 is 5.32 Å². The zero-order valence-corrected chi connectivity index (χ0v) is 12.6. The molecule has 1 heterocycles. The molecule has 0 aliphatic carbocycles. The first-order valence-electron chi connectivity index (χ1n) is 6.23. The van der Waals surface area contributed by atoms with E-state index in [0.29, 0.717) is 5.76 Å². The molecule has 0 fully saturated rings. The number of rotatable bonds is 7. The van der Waals surface area contributed by atoms with E-state index in [0.717, 1.165) is 12.1 Å². The summed E-state index contributed by atoms with van der Waals surface area (Å²) >= 11 is 3.06. The Balaban J connectivity index is 1.77. The zero-order valence-electron chi connectivity index (χ0n) is 11.0. The highest BCUT2D eigenvalue weighted by Gasteiger charge is 2.11. The van der Waals surface area contributed by atoms with Crippen LogP contribution in [0.15, 0.2) is 39.4 Å². The van der Waals surface area contributed by atoms with Crippen LogP contribution in [0.3, 0.4) is 0 Å². The van der Waals surface area contributed by atoms with Crippen LogP contribution in [0.25, 0.3) is 0 Å². The number of ether oxygens (including phenoxy) is 1.